The number of rotatable bonds is 3. The predicted molar refractivity (Wildman–Crippen MR) is 86.7 cm³/mol. The van der Waals surface area contributed by atoms with Crippen LogP contribution in [0.15, 0.2) is 48.5 Å². The number of para-hydroxylation sites is 2. The average Bonchev–Trinajstić information content (AvgIpc) is 2.84. The van der Waals surface area contributed by atoms with Crippen molar-refractivity contribution in [1.82, 2.24) is 0 Å². The number of fused-ring (bicyclic) bond motifs is 1. The van der Waals surface area contributed by atoms with Crippen LogP contribution in [0.4, 0.5) is 11.4 Å². The van der Waals surface area contributed by atoms with Crippen LogP contribution in [0.25, 0.3) is 0 Å². The SMILES string of the molecule is CC1Cc2ccccc2N1CC(=O)Nc1ccccc1C#N. The van der Waals surface area contributed by atoms with E-state index in [0.717, 1.165) is 12.1 Å². The molecular weight excluding hydrogens is 274 g/mol. The Morgan fingerprint density at radius 2 is 2.00 bits per heavy atom. The number of nitrogens with zero attached hydrogens (tertiary/aromatic N) is 2. The molecule has 2 aromatic rings. The fraction of sp³-hybridized carbons (Fsp3) is 0.222. The van der Waals surface area contributed by atoms with Crippen molar-refractivity contribution in [2.75, 3.05) is 16.8 Å². The van der Waals surface area contributed by atoms with Crippen LogP contribution in [-0.2, 0) is 11.2 Å². The summed E-state index contributed by atoms with van der Waals surface area (Å²) in [6.45, 7) is 2.41. The molecule has 4 heteroatoms. The Hall–Kier alpha value is -2.80. The molecule has 1 atom stereocenters. The molecule has 1 N–H and O–H groups in total. The normalized spacial score (nSPS) is 16.0. The highest BCUT2D eigenvalue weighted by molar-refractivity contribution is 5.95. The van der Waals surface area contributed by atoms with E-state index in [0.29, 0.717) is 17.3 Å². The van der Waals surface area contributed by atoms with Crippen LogP contribution in [0.3, 0.4) is 0 Å². The molecular formula is C18H17N3O. The monoisotopic (exact) mass is 291 g/mol. The van der Waals surface area contributed by atoms with E-state index < -0.39 is 0 Å². The smallest absolute Gasteiger partial charge is 0.243 e. The van der Waals surface area contributed by atoms with Crippen LogP contribution in [0.2, 0.25) is 0 Å². The van der Waals surface area contributed by atoms with E-state index in [1.54, 1.807) is 18.2 Å². The van der Waals surface area contributed by atoms with E-state index in [1.165, 1.54) is 5.56 Å². The Labute approximate surface area is 130 Å². The standard InChI is InChI=1S/C18H17N3O/c1-13-10-14-6-3-5-9-17(14)21(13)12-18(22)20-16-8-4-2-7-15(16)11-19/h2-9,13H,10,12H2,1H3,(H,20,22). The first kappa shape index (κ1) is 14.2. The molecule has 0 saturated carbocycles. The number of anilines is 2. The number of nitriles is 1. The van der Waals surface area contributed by atoms with Crippen LogP contribution in [0.1, 0.15) is 18.1 Å². The minimum absolute atomic E-state index is 0.105. The van der Waals surface area contributed by atoms with Crippen LogP contribution < -0.4 is 10.2 Å². The first-order valence-electron chi connectivity index (χ1n) is 7.32. The number of carbonyl (C=O) groups is 1. The summed E-state index contributed by atoms with van der Waals surface area (Å²) < 4.78 is 0. The van der Waals surface area contributed by atoms with Crippen molar-refractivity contribution in [1.29, 1.82) is 5.26 Å². The summed E-state index contributed by atoms with van der Waals surface area (Å²) in [6, 6.07) is 17.6. The van der Waals surface area contributed by atoms with Crippen molar-refractivity contribution in [2.24, 2.45) is 0 Å². The number of benzene rings is 2. The van der Waals surface area contributed by atoms with Crippen molar-refractivity contribution in [2.45, 2.75) is 19.4 Å². The van der Waals surface area contributed by atoms with Crippen LogP contribution in [0, 0.1) is 11.3 Å². The second kappa shape index (κ2) is 5.90. The highest BCUT2D eigenvalue weighted by Gasteiger charge is 2.27. The maximum Gasteiger partial charge on any atom is 0.243 e. The van der Waals surface area contributed by atoms with Gasteiger partial charge in [-0.1, -0.05) is 30.3 Å². The number of carbonyl (C=O) groups excluding carboxylic acids is 1. The van der Waals surface area contributed by atoms with Crippen molar-refractivity contribution < 1.29 is 4.79 Å². The number of hydrogen-bond donors (Lipinski definition) is 1. The largest absolute Gasteiger partial charge is 0.359 e. The number of nitrogens with one attached hydrogen (secondary N) is 1. The highest BCUT2D eigenvalue weighted by Crippen LogP contribution is 2.31. The number of amides is 1. The Bertz CT molecular complexity index is 748. The second-order valence-corrected chi connectivity index (χ2v) is 5.52. The van der Waals surface area contributed by atoms with Gasteiger partial charge in [0.1, 0.15) is 6.07 Å². The minimum atomic E-state index is -0.105. The zero-order chi connectivity index (χ0) is 15.5. The lowest BCUT2D eigenvalue weighted by Crippen LogP contribution is -2.37. The van der Waals surface area contributed by atoms with E-state index in [9.17, 15) is 4.79 Å². The van der Waals surface area contributed by atoms with Gasteiger partial charge in [-0.05, 0) is 37.1 Å². The molecule has 1 heterocycles. The van der Waals surface area contributed by atoms with Gasteiger partial charge in [-0.25, -0.2) is 0 Å². The Kier molecular flexibility index (Phi) is 3.80. The van der Waals surface area contributed by atoms with E-state index in [2.05, 4.69) is 35.3 Å². The topological polar surface area (TPSA) is 56.1 Å². The minimum Gasteiger partial charge on any atom is -0.359 e. The molecule has 0 spiro atoms. The van der Waals surface area contributed by atoms with Gasteiger partial charge < -0.3 is 10.2 Å². The summed E-state index contributed by atoms with van der Waals surface area (Å²) >= 11 is 0. The van der Waals surface area contributed by atoms with E-state index in [-0.39, 0.29) is 12.5 Å². The summed E-state index contributed by atoms with van der Waals surface area (Å²) in [4.78, 5) is 14.4. The third-order valence-corrected chi connectivity index (χ3v) is 3.98. The van der Waals surface area contributed by atoms with E-state index in [4.69, 9.17) is 5.26 Å². The summed E-state index contributed by atoms with van der Waals surface area (Å²) in [5.74, 6) is -0.105. The fourth-order valence-corrected chi connectivity index (χ4v) is 2.90. The molecule has 1 unspecified atom stereocenters. The zero-order valence-electron chi connectivity index (χ0n) is 12.4. The van der Waals surface area contributed by atoms with Crippen molar-refractivity contribution >= 4 is 17.3 Å². The molecule has 1 amide bonds. The van der Waals surface area contributed by atoms with Gasteiger partial charge in [0, 0.05) is 11.7 Å². The lowest BCUT2D eigenvalue weighted by molar-refractivity contribution is -0.115. The van der Waals surface area contributed by atoms with Gasteiger partial charge in [0.25, 0.3) is 0 Å². The van der Waals surface area contributed by atoms with Gasteiger partial charge in [-0.2, -0.15) is 5.26 Å². The molecule has 0 bridgehead atoms. The molecule has 2 aromatic carbocycles. The molecule has 1 aliphatic heterocycles. The summed E-state index contributed by atoms with van der Waals surface area (Å²) in [5, 5.41) is 11.9. The Morgan fingerprint density at radius 3 is 2.82 bits per heavy atom. The molecule has 110 valence electrons. The quantitative estimate of drug-likeness (QED) is 0.946. The fourth-order valence-electron chi connectivity index (χ4n) is 2.90. The maximum atomic E-state index is 12.3. The van der Waals surface area contributed by atoms with Gasteiger partial charge in [-0.15, -0.1) is 0 Å². The molecule has 4 nitrogen and oxygen atoms in total. The summed E-state index contributed by atoms with van der Waals surface area (Å²) in [7, 11) is 0. The lowest BCUT2D eigenvalue weighted by Gasteiger charge is -2.24. The Balaban J connectivity index is 1.74. The molecule has 0 aliphatic carbocycles. The molecule has 3 rings (SSSR count). The molecule has 0 aromatic heterocycles. The summed E-state index contributed by atoms with van der Waals surface area (Å²) in [5.41, 5.74) is 3.44. The van der Waals surface area contributed by atoms with Gasteiger partial charge in [0.2, 0.25) is 5.91 Å². The van der Waals surface area contributed by atoms with Crippen LogP contribution in [-0.4, -0.2) is 18.5 Å². The van der Waals surface area contributed by atoms with Gasteiger partial charge in [0.05, 0.1) is 17.8 Å². The van der Waals surface area contributed by atoms with Crippen molar-refractivity contribution in [3.8, 4) is 6.07 Å². The van der Waals surface area contributed by atoms with E-state index >= 15 is 0 Å². The van der Waals surface area contributed by atoms with Gasteiger partial charge in [-0.3, -0.25) is 4.79 Å². The van der Waals surface area contributed by atoms with Gasteiger partial charge in [0.15, 0.2) is 0 Å². The molecule has 0 fully saturated rings. The average molecular weight is 291 g/mol. The zero-order valence-corrected chi connectivity index (χ0v) is 12.4. The van der Waals surface area contributed by atoms with Crippen molar-refractivity contribution in [3.05, 3.63) is 59.7 Å². The first-order chi connectivity index (χ1) is 10.7. The summed E-state index contributed by atoms with van der Waals surface area (Å²) in [6.07, 6.45) is 0.957. The molecule has 1 aliphatic rings. The van der Waals surface area contributed by atoms with Crippen molar-refractivity contribution in [3.63, 3.8) is 0 Å². The number of hydrogen-bond acceptors (Lipinski definition) is 3. The van der Waals surface area contributed by atoms with Crippen LogP contribution >= 0.6 is 0 Å². The third-order valence-electron chi connectivity index (χ3n) is 3.98. The molecule has 0 radical (unpaired) electrons. The predicted octanol–water partition coefficient (Wildman–Crippen LogP) is 2.95. The lowest BCUT2D eigenvalue weighted by atomic mass is 10.1. The second-order valence-electron chi connectivity index (χ2n) is 5.52. The van der Waals surface area contributed by atoms with E-state index in [1.807, 2.05) is 18.2 Å². The molecule has 0 saturated heterocycles. The first-order valence-corrected chi connectivity index (χ1v) is 7.32. The van der Waals surface area contributed by atoms with Crippen LogP contribution in [0.5, 0.6) is 0 Å². The molecule has 22 heavy (non-hydrogen) atoms. The third kappa shape index (κ3) is 2.66. The highest BCUT2D eigenvalue weighted by atomic mass is 16.2. The van der Waals surface area contributed by atoms with Gasteiger partial charge >= 0.3 is 0 Å². The maximum absolute atomic E-state index is 12.3. The Morgan fingerprint density at radius 1 is 1.27 bits per heavy atom.